The molecular weight excluding hydrogens is 400 g/mol. The van der Waals surface area contributed by atoms with Crippen molar-refractivity contribution in [3.63, 3.8) is 0 Å². The first-order valence-corrected chi connectivity index (χ1v) is 10.5. The van der Waals surface area contributed by atoms with E-state index in [0.717, 1.165) is 25.1 Å². The van der Waals surface area contributed by atoms with Gasteiger partial charge in [0, 0.05) is 31.4 Å². The van der Waals surface area contributed by atoms with E-state index in [9.17, 15) is 9.90 Å². The molecule has 32 heavy (non-hydrogen) atoms. The summed E-state index contributed by atoms with van der Waals surface area (Å²) in [4.78, 5) is 17.9. The zero-order valence-electron chi connectivity index (χ0n) is 18.1. The van der Waals surface area contributed by atoms with Crippen molar-refractivity contribution in [1.82, 2.24) is 5.01 Å². The van der Waals surface area contributed by atoms with Crippen molar-refractivity contribution in [2.75, 3.05) is 18.5 Å². The minimum atomic E-state index is -0.948. The minimum Gasteiger partial charge on any atom is -0.478 e. The van der Waals surface area contributed by atoms with Gasteiger partial charge in [-0.1, -0.05) is 60.7 Å². The molecule has 3 aromatic carbocycles. The molecule has 1 aliphatic rings. The summed E-state index contributed by atoms with van der Waals surface area (Å²) in [6.45, 7) is 5.91. The first-order chi connectivity index (χ1) is 15.5. The highest BCUT2D eigenvalue weighted by Crippen LogP contribution is 2.28. The Bertz CT molecular complexity index is 1150. The largest absolute Gasteiger partial charge is 0.478 e. The van der Waals surface area contributed by atoms with Crippen LogP contribution in [0.5, 0.6) is 0 Å². The molecule has 0 amide bonds. The van der Waals surface area contributed by atoms with Gasteiger partial charge in [-0.3, -0.25) is 5.01 Å². The van der Waals surface area contributed by atoms with E-state index in [0.29, 0.717) is 17.9 Å². The lowest BCUT2D eigenvalue weighted by Crippen LogP contribution is -2.19. The van der Waals surface area contributed by atoms with E-state index in [1.807, 2.05) is 18.2 Å². The van der Waals surface area contributed by atoms with Crippen molar-refractivity contribution in [3.8, 4) is 0 Å². The van der Waals surface area contributed by atoms with E-state index < -0.39 is 5.97 Å². The maximum absolute atomic E-state index is 11.4. The van der Waals surface area contributed by atoms with Crippen LogP contribution in [0.4, 0.5) is 5.69 Å². The van der Waals surface area contributed by atoms with Gasteiger partial charge in [0.1, 0.15) is 0 Å². The van der Waals surface area contributed by atoms with Crippen molar-refractivity contribution < 1.29 is 9.90 Å². The number of benzene rings is 3. The molecule has 0 saturated carbocycles. The summed E-state index contributed by atoms with van der Waals surface area (Å²) < 4.78 is 0. The molecule has 0 aliphatic carbocycles. The standard InChI is InChI=1S/C26H26N4O2/c1-27-25(28-29(2)18-22-8-3-5-9-23(22)26(31)32)21-13-11-19(12-14-21)17-30-16-15-20-7-4-6-10-24(20)30/h3-14H,1,15-18H2,2H3,(H,31,32)/b28-25-. The number of carboxylic acids is 1. The molecule has 4 rings (SSSR count). The Labute approximate surface area is 188 Å². The maximum atomic E-state index is 11.4. The van der Waals surface area contributed by atoms with Crippen LogP contribution in [0.25, 0.3) is 0 Å². The SMILES string of the molecule is C=N/C(=N\N(C)Cc1ccccc1C(=O)O)c1ccc(CN2CCc3ccccc32)cc1. The fraction of sp³-hybridized carbons (Fsp3) is 0.192. The maximum Gasteiger partial charge on any atom is 0.336 e. The van der Waals surface area contributed by atoms with Crippen LogP contribution in [-0.2, 0) is 19.5 Å². The molecule has 6 heteroatoms. The molecule has 6 nitrogen and oxygen atoms in total. The molecule has 3 aromatic rings. The first kappa shape index (κ1) is 21.3. The number of amidine groups is 1. The van der Waals surface area contributed by atoms with Gasteiger partial charge < -0.3 is 10.0 Å². The van der Waals surface area contributed by atoms with E-state index in [1.165, 1.54) is 16.8 Å². The molecule has 0 atom stereocenters. The number of hydrogen-bond acceptors (Lipinski definition) is 4. The lowest BCUT2D eigenvalue weighted by atomic mass is 10.1. The van der Waals surface area contributed by atoms with E-state index in [4.69, 9.17) is 0 Å². The second kappa shape index (κ2) is 9.47. The Hall–Kier alpha value is -3.93. The zero-order valence-corrected chi connectivity index (χ0v) is 18.1. The minimum absolute atomic E-state index is 0.274. The summed E-state index contributed by atoms with van der Waals surface area (Å²) in [6, 6.07) is 23.7. The summed E-state index contributed by atoms with van der Waals surface area (Å²) in [5, 5.41) is 15.6. The molecule has 0 aromatic heterocycles. The number of aromatic carboxylic acids is 1. The van der Waals surface area contributed by atoms with Gasteiger partial charge in [0.05, 0.1) is 12.1 Å². The van der Waals surface area contributed by atoms with Crippen molar-refractivity contribution in [1.29, 1.82) is 0 Å². The first-order valence-electron chi connectivity index (χ1n) is 10.5. The number of fused-ring (bicyclic) bond motifs is 1. The number of rotatable bonds is 7. The monoisotopic (exact) mass is 426 g/mol. The molecule has 0 bridgehead atoms. The molecule has 1 aliphatic heterocycles. The van der Waals surface area contributed by atoms with Gasteiger partial charge >= 0.3 is 5.97 Å². The van der Waals surface area contributed by atoms with E-state index in [1.54, 1.807) is 30.3 Å². The second-order valence-corrected chi connectivity index (χ2v) is 7.86. The lowest BCUT2D eigenvalue weighted by molar-refractivity contribution is 0.0695. The molecule has 1 heterocycles. The van der Waals surface area contributed by atoms with Crippen LogP contribution in [0.3, 0.4) is 0 Å². The summed E-state index contributed by atoms with van der Waals surface area (Å²) >= 11 is 0. The Morgan fingerprint density at radius 2 is 1.78 bits per heavy atom. The molecule has 0 fully saturated rings. The normalized spacial score (nSPS) is 13.0. The number of carbonyl (C=O) groups is 1. The predicted molar refractivity (Wildman–Crippen MR) is 129 cm³/mol. The molecule has 162 valence electrons. The fourth-order valence-corrected chi connectivity index (χ4v) is 4.04. The van der Waals surface area contributed by atoms with Gasteiger partial charge in [-0.15, -0.1) is 0 Å². The number of hydrazone groups is 1. The Kier molecular flexibility index (Phi) is 6.31. The molecule has 0 radical (unpaired) electrons. The molecule has 0 saturated heterocycles. The van der Waals surface area contributed by atoms with Crippen molar-refractivity contribution in [3.05, 3.63) is 101 Å². The van der Waals surface area contributed by atoms with Gasteiger partial charge in [-0.2, -0.15) is 5.10 Å². The smallest absolute Gasteiger partial charge is 0.336 e. The highest BCUT2D eigenvalue weighted by Gasteiger charge is 2.18. The third-order valence-corrected chi connectivity index (χ3v) is 5.63. The third-order valence-electron chi connectivity index (χ3n) is 5.63. The highest BCUT2D eigenvalue weighted by atomic mass is 16.4. The van der Waals surface area contributed by atoms with Gasteiger partial charge in [-0.05, 0) is 42.0 Å². The van der Waals surface area contributed by atoms with Crippen LogP contribution < -0.4 is 4.90 Å². The number of carboxylic acid groups (broad SMARTS) is 1. The molecular formula is C26H26N4O2. The highest BCUT2D eigenvalue weighted by molar-refractivity contribution is 6.01. The average molecular weight is 427 g/mol. The van der Waals surface area contributed by atoms with Crippen molar-refractivity contribution in [2.24, 2.45) is 10.1 Å². The van der Waals surface area contributed by atoms with Crippen molar-refractivity contribution in [2.45, 2.75) is 19.5 Å². The Balaban J connectivity index is 1.46. The van der Waals surface area contributed by atoms with Crippen LogP contribution in [0, 0.1) is 0 Å². The second-order valence-electron chi connectivity index (χ2n) is 7.86. The lowest BCUT2D eigenvalue weighted by Gasteiger charge is -2.19. The number of nitrogens with zero attached hydrogens (tertiary/aromatic N) is 4. The number of para-hydroxylation sites is 1. The quantitative estimate of drug-likeness (QED) is 0.344. The predicted octanol–water partition coefficient (Wildman–Crippen LogP) is 4.44. The molecule has 0 unspecified atom stereocenters. The summed E-state index contributed by atoms with van der Waals surface area (Å²) in [7, 11) is 1.79. The average Bonchev–Trinajstić information content (AvgIpc) is 3.21. The van der Waals surface area contributed by atoms with Gasteiger partial charge in [-0.25, -0.2) is 9.79 Å². The Morgan fingerprint density at radius 1 is 1.06 bits per heavy atom. The molecule has 0 spiro atoms. The van der Waals surface area contributed by atoms with Gasteiger partial charge in [0.2, 0.25) is 0 Å². The van der Waals surface area contributed by atoms with E-state index in [-0.39, 0.29) is 5.56 Å². The van der Waals surface area contributed by atoms with Crippen LogP contribution in [0.1, 0.15) is 32.6 Å². The van der Waals surface area contributed by atoms with Crippen LogP contribution in [0.2, 0.25) is 0 Å². The van der Waals surface area contributed by atoms with E-state index in [2.05, 4.69) is 58.1 Å². The summed E-state index contributed by atoms with van der Waals surface area (Å²) in [5.74, 6) is -0.449. The number of anilines is 1. The zero-order chi connectivity index (χ0) is 22.5. The Morgan fingerprint density at radius 3 is 2.53 bits per heavy atom. The molecule has 1 N–H and O–H groups in total. The van der Waals surface area contributed by atoms with E-state index >= 15 is 0 Å². The van der Waals surface area contributed by atoms with Crippen LogP contribution in [0.15, 0.2) is 82.9 Å². The van der Waals surface area contributed by atoms with Crippen molar-refractivity contribution >= 4 is 24.2 Å². The van der Waals surface area contributed by atoms with Crippen LogP contribution in [-0.4, -0.2) is 42.2 Å². The fourth-order valence-electron chi connectivity index (χ4n) is 4.04. The number of aliphatic imine (C=N–C) groups is 1. The summed E-state index contributed by atoms with van der Waals surface area (Å²) in [5.41, 5.74) is 5.77. The van der Waals surface area contributed by atoms with Crippen LogP contribution >= 0.6 is 0 Å². The van der Waals surface area contributed by atoms with Gasteiger partial charge in [0.25, 0.3) is 0 Å². The summed E-state index contributed by atoms with van der Waals surface area (Å²) in [6.07, 6.45) is 1.09. The third kappa shape index (κ3) is 4.70. The topological polar surface area (TPSA) is 68.5 Å². The number of hydrogen-bond donors (Lipinski definition) is 1. The van der Waals surface area contributed by atoms with Gasteiger partial charge in [0.15, 0.2) is 5.84 Å².